The molecule has 2 aliphatic heterocycles. The van der Waals surface area contributed by atoms with Crippen LogP contribution in [-0.4, -0.2) is 16.8 Å². The highest BCUT2D eigenvalue weighted by Crippen LogP contribution is 2.34. The average Bonchev–Trinajstić information content (AvgIpc) is 2.33. The Bertz CT molecular complexity index is 122. The molecule has 2 aliphatic rings. The Morgan fingerprint density at radius 1 is 1.20 bits per heavy atom. The van der Waals surface area contributed by atoms with Gasteiger partial charge < -0.3 is 0 Å². The van der Waals surface area contributed by atoms with Crippen LogP contribution in [0.2, 0.25) is 0 Å². The topological polar surface area (TPSA) is 0 Å². The lowest BCUT2D eigenvalue weighted by atomic mass is 10.0. The van der Waals surface area contributed by atoms with Crippen molar-refractivity contribution in [3.63, 3.8) is 0 Å². The molecule has 0 aromatic carbocycles. The van der Waals surface area contributed by atoms with Crippen molar-refractivity contribution in [3.05, 3.63) is 0 Å². The monoisotopic (exact) mass is 157 g/mol. The van der Waals surface area contributed by atoms with E-state index in [0.29, 0.717) is 0 Å². The molecular weight excluding hydrogens is 140 g/mol. The molecule has 0 saturated carbocycles. The van der Waals surface area contributed by atoms with Gasteiger partial charge in [0.25, 0.3) is 0 Å². The molecule has 0 bridgehead atoms. The molecule has 0 nitrogen and oxygen atoms in total. The van der Waals surface area contributed by atoms with E-state index in [9.17, 15) is 0 Å². The zero-order valence-electron chi connectivity index (χ0n) is 6.81. The molecule has 2 heterocycles. The number of hydrogen-bond acceptors (Lipinski definition) is 0. The molecule has 1 heteroatoms. The molecule has 0 spiro atoms. The van der Waals surface area contributed by atoms with Gasteiger partial charge >= 0.3 is 0 Å². The largest absolute Gasteiger partial charge is 0.118 e. The first kappa shape index (κ1) is 7.02. The van der Waals surface area contributed by atoms with Crippen molar-refractivity contribution >= 4 is 10.9 Å². The molecule has 0 radical (unpaired) electrons. The lowest BCUT2D eigenvalue weighted by Crippen LogP contribution is -2.28. The fourth-order valence-corrected chi connectivity index (χ4v) is 5.49. The molecule has 0 aliphatic carbocycles. The van der Waals surface area contributed by atoms with Crippen LogP contribution in [0.25, 0.3) is 0 Å². The number of rotatable bonds is 0. The van der Waals surface area contributed by atoms with Gasteiger partial charge in [-0.1, -0.05) is 6.92 Å². The van der Waals surface area contributed by atoms with Gasteiger partial charge in [0.2, 0.25) is 0 Å². The van der Waals surface area contributed by atoms with E-state index >= 15 is 0 Å². The second kappa shape index (κ2) is 2.77. The summed E-state index contributed by atoms with van der Waals surface area (Å²) >= 11 is 0. The summed E-state index contributed by atoms with van der Waals surface area (Å²) in [6.45, 7) is 2.43. The Hall–Kier alpha value is 0.350. The zero-order chi connectivity index (χ0) is 6.97. The van der Waals surface area contributed by atoms with Crippen molar-refractivity contribution in [3.8, 4) is 0 Å². The molecule has 2 fully saturated rings. The predicted molar refractivity (Wildman–Crippen MR) is 48.5 cm³/mol. The summed E-state index contributed by atoms with van der Waals surface area (Å²) in [6.07, 6.45) is 6.19. The molecule has 0 N–H and O–H groups in total. The minimum atomic E-state index is 0.894. The molecule has 0 aromatic rings. The normalized spacial score (nSPS) is 47.1. The maximum absolute atomic E-state index is 2.43. The highest BCUT2D eigenvalue weighted by Gasteiger charge is 2.40. The SMILES string of the molecule is C[C@@H]1CC[S+]2CCC[C@H]2C1. The van der Waals surface area contributed by atoms with E-state index in [1.165, 1.54) is 11.7 Å². The second-order valence-electron chi connectivity index (χ2n) is 3.84. The lowest BCUT2D eigenvalue weighted by molar-refractivity contribution is 0.485. The van der Waals surface area contributed by atoms with Crippen LogP contribution in [0.4, 0.5) is 0 Å². The Labute approximate surface area is 66.7 Å². The van der Waals surface area contributed by atoms with E-state index in [0.717, 1.165) is 16.8 Å². The summed E-state index contributed by atoms with van der Waals surface area (Å²) in [6, 6.07) is 0. The molecule has 58 valence electrons. The van der Waals surface area contributed by atoms with Crippen LogP contribution in [0, 0.1) is 5.92 Å². The maximum atomic E-state index is 2.43. The summed E-state index contributed by atoms with van der Waals surface area (Å²) in [4.78, 5) is 0. The molecule has 3 atom stereocenters. The van der Waals surface area contributed by atoms with Crippen molar-refractivity contribution in [1.29, 1.82) is 0 Å². The standard InChI is InChI=1S/C9H17S/c1-8-4-6-10-5-2-3-9(10)7-8/h8-9H,2-7H2,1H3/q+1/t8-,9+,10?/m1/s1. The van der Waals surface area contributed by atoms with Crippen molar-refractivity contribution < 1.29 is 0 Å². The molecule has 2 saturated heterocycles. The Kier molecular flexibility index (Phi) is 1.94. The fraction of sp³-hybridized carbons (Fsp3) is 1.00. The summed E-state index contributed by atoms with van der Waals surface area (Å²) in [5.74, 6) is 4.20. The quantitative estimate of drug-likeness (QED) is 0.473. The van der Waals surface area contributed by atoms with Gasteiger partial charge in [-0.05, 0) is 42.5 Å². The molecular formula is C9H17S+. The van der Waals surface area contributed by atoms with Crippen LogP contribution < -0.4 is 0 Å². The fourth-order valence-electron chi connectivity index (χ4n) is 2.27. The van der Waals surface area contributed by atoms with E-state index < -0.39 is 0 Å². The van der Waals surface area contributed by atoms with E-state index in [-0.39, 0.29) is 0 Å². The lowest BCUT2D eigenvalue weighted by Gasteiger charge is -2.22. The molecule has 1 unspecified atom stereocenters. The molecule has 2 rings (SSSR count). The van der Waals surface area contributed by atoms with Gasteiger partial charge in [0.15, 0.2) is 0 Å². The average molecular weight is 157 g/mol. The van der Waals surface area contributed by atoms with Gasteiger partial charge in [0, 0.05) is 0 Å². The summed E-state index contributed by atoms with van der Waals surface area (Å²) in [7, 11) is 0.894. The summed E-state index contributed by atoms with van der Waals surface area (Å²) < 4.78 is 0. The van der Waals surface area contributed by atoms with Gasteiger partial charge in [0.1, 0.15) is 16.8 Å². The summed E-state index contributed by atoms with van der Waals surface area (Å²) in [5, 5.41) is 1.17. The Balaban J connectivity index is 1.96. The first-order chi connectivity index (χ1) is 4.86. The molecule has 10 heavy (non-hydrogen) atoms. The highest BCUT2D eigenvalue weighted by atomic mass is 32.2. The van der Waals surface area contributed by atoms with Crippen LogP contribution in [0.5, 0.6) is 0 Å². The first-order valence-electron chi connectivity index (χ1n) is 4.52. The van der Waals surface area contributed by atoms with Crippen LogP contribution in [-0.2, 0) is 10.9 Å². The van der Waals surface area contributed by atoms with E-state index in [1.54, 1.807) is 30.8 Å². The van der Waals surface area contributed by atoms with Crippen LogP contribution >= 0.6 is 0 Å². The summed E-state index contributed by atoms with van der Waals surface area (Å²) in [5.41, 5.74) is 0. The minimum absolute atomic E-state index is 0.894. The van der Waals surface area contributed by atoms with Gasteiger partial charge in [-0.25, -0.2) is 0 Å². The second-order valence-corrected chi connectivity index (χ2v) is 6.40. The number of fused-ring (bicyclic) bond motifs is 1. The van der Waals surface area contributed by atoms with E-state index in [1.807, 2.05) is 0 Å². The third kappa shape index (κ3) is 1.20. The van der Waals surface area contributed by atoms with Gasteiger partial charge in [-0.15, -0.1) is 0 Å². The van der Waals surface area contributed by atoms with Gasteiger partial charge in [-0.3, -0.25) is 0 Å². The predicted octanol–water partition coefficient (Wildman–Crippen LogP) is 2.20. The van der Waals surface area contributed by atoms with Crippen molar-refractivity contribution in [2.45, 2.75) is 37.9 Å². The Morgan fingerprint density at radius 3 is 3.00 bits per heavy atom. The van der Waals surface area contributed by atoms with Gasteiger partial charge in [-0.2, -0.15) is 0 Å². The highest BCUT2D eigenvalue weighted by molar-refractivity contribution is 7.97. The maximum Gasteiger partial charge on any atom is 0.118 e. The van der Waals surface area contributed by atoms with Crippen molar-refractivity contribution in [1.82, 2.24) is 0 Å². The molecule has 0 aromatic heterocycles. The third-order valence-corrected chi connectivity index (χ3v) is 5.89. The zero-order valence-corrected chi connectivity index (χ0v) is 7.62. The van der Waals surface area contributed by atoms with E-state index in [2.05, 4.69) is 6.92 Å². The van der Waals surface area contributed by atoms with E-state index in [4.69, 9.17) is 0 Å². The minimum Gasteiger partial charge on any atom is -0.0621 e. The third-order valence-electron chi connectivity index (χ3n) is 2.94. The van der Waals surface area contributed by atoms with Gasteiger partial charge in [0.05, 0.1) is 0 Å². The van der Waals surface area contributed by atoms with Crippen LogP contribution in [0.3, 0.4) is 0 Å². The number of hydrogen-bond donors (Lipinski definition) is 0. The Morgan fingerprint density at radius 2 is 2.10 bits per heavy atom. The smallest absolute Gasteiger partial charge is 0.0621 e. The van der Waals surface area contributed by atoms with Crippen molar-refractivity contribution in [2.24, 2.45) is 5.92 Å². The molecule has 0 amide bonds. The van der Waals surface area contributed by atoms with Crippen molar-refractivity contribution in [2.75, 3.05) is 11.5 Å². The van der Waals surface area contributed by atoms with Crippen LogP contribution in [0.15, 0.2) is 0 Å². The first-order valence-corrected chi connectivity index (χ1v) is 6.15. The van der Waals surface area contributed by atoms with Crippen LogP contribution in [0.1, 0.15) is 32.6 Å².